The molecule has 2 fully saturated rings. The van der Waals surface area contributed by atoms with Crippen LogP contribution in [-0.4, -0.2) is 68.0 Å². The minimum absolute atomic E-state index is 0.0196. The quantitative estimate of drug-likeness (QED) is 0.366. The number of anilines is 2. The second kappa shape index (κ2) is 14.2. The molecule has 3 amide bonds. The average molecular weight is 584 g/mol. The Morgan fingerprint density at radius 3 is 2.33 bits per heavy atom. The highest BCUT2D eigenvalue weighted by atomic mass is 16.5. The minimum Gasteiger partial charge on any atom is -0.497 e. The monoisotopic (exact) mass is 583 g/mol. The molecule has 1 aliphatic heterocycles. The first-order valence-corrected chi connectivity index (χ1v) is 15.1. The maximum absolute atomic E-state index is 13.3. The molecule has 0 unspecified atom stereocenters. The SMILES string of the molecule is COc1ccc(CC(=O)Nc2cc(C(=O)NC3CCC(N)CC3)ccc2N2CCCN(C(=O)c3ccccc3)CC2)cc1. The van der Waals surface area contributed by atoms with Gasteiger partial charge in [-0.1, -0.05) is 30.3 Å². The van der Waals surface area contributed by atoms with E-state index >= 15 is 0 Å². The van der Waals surface area contributed by atoms with Crippen LogP contribution < -0.4 is 26.0 Å². The number of carbonyl (C=O) groups excluding carboxylic acids is 3. The average Bonchev–Trinajstić information content (AvgIpc) is 3.29. The van der Waals surface area contributed by atoms with Gasteiger partial charge in [0.15, 0.2) is 0 Å². The molecule has 1 heterocycles. The summed E-state index contributed by atoms with van der Waals surface area (Å²) in [6, 6.07) is 22.5. The highest BCUT2D eigenvalue weighted by molar-refractivity contribution is 6.00. The molecule has 3 aromatic rings. The Morgan fingerprint density at radius 1 is 0.860 bits per heavy atom. The minimum atomic E-state index is -0.180. The van der Waals surface area contributed by atoms with Crippen LogP contribution in [0.5, 0.6) is 5.75 Å². The number of ether oxygens (including phenoxy) is 1. The summed E-state index contributed by atoms with van der Waals surface area (Å²) in [4.78, 5) is 43.7. The highest BCUT2D eigenvalue weighted by Gasteiger charge is 2.24. The van der Waals surface area contributed by atoms with Crippen molar-refractivity contribution in [2.24, 2.45) is 5.73 Å². The first-order valence-electron chi connectivity index (χ1n) is 15.1. The molecule has 0 spiro atoms. The van der Waals surface area contributed by atoms with Crippen LogP contribution in [0.2, 0.25) is 0 Å². The molecule has 0 aromatic heterocycles. The maximum Gasteiger partial charge on any atom is 0.253 e. The van der Waals surface area contributed by atoms with Crippen LogP contribution in [-0.2, 0) is 11.2 Å². The van der Waals surface area contributed by atoms with Crippen molar-refractivity contribution in [2.45, 2.75) is 50.6 Å². The van der Waals surface area contributed by atoms with Crippen LogP contribution in [0.15, 0.2) is 72.8 Å². The van der Waals surface area contributed by atoms with Crippen LogP contribution >= 0.6 is 0 Å². The zero-order valence-corrected chi connectivity index (χ0v) is 24.8. The molecule has 1 saturated heterocycles. The predicted molar refractivity (Wildman–Crippen MR) is 169 cm³/mol. The Balaban J connectivity index is 1.33. The summed E-state index contributed by atoms with van der Waals surface area (Å²) < 4.78 is 5.23. The van der Waals surface area contributed by atoms with Crippen LogP contribution in [0.25, 0.3) is 0 Å². The lowest BCUT2D eigenvalue weighted by Crippen LogP contribution is -2.40. The molecular weight excluding hydrogens is 542 g/mol. The van der Waals surface area contributed by atoms with Gasteiger partial charge in [-0.25, -0.2) is 0 Å². The van der Waals surface area contributed by atoms with Crippen molar-refractivity contribution in [3.8, 4) is 5.75 Å². The number of nitrogens with one attached hydrogen (secondary N) is 2. The molecule has 1 aliphatic carbocycles. The second-order valence-corrected chi connectivity index (χ2v) is 11.4. The van der Waals surface area contributed by atoms with Crippen LogP contribution in [0, 0.1) is 0 Å². The number of rotatable bonds is 8. The molecule has 0 radical (unpaired) electrons. The molecule has 9 nitrogen and oxygen atoms in total. The third-order valence-electron chi connectivity index (χ3n) is 8.31. The molecule has 43 heavy (non-hydrogen) atoms. The largest absolute Gasteiger partial charge is 0.497 e. The molecule has 9 heteroatoms. The lowest BCUT2D eigenvalue weighted by Gasteiger charge is -2.28. The zero-order chi connectivity index (χ0) is 30.2. The number of amides is 3. The standard InChI is InChI=1S/C34H41N5O4/c1-43-29-15-8-24(9-16-29)22-32(40)37-30-23-26(33(41)36-28-13-11-27(35)12-14-28)10-17-31(30)38-18-5-19-39(21-20-38)34(42)25-6-3-2-4-7-25/h2-4,6-10,15-17,23,27-28H,5,11-14,18-22,35H2,1H3,(H,36,41)(H,37,40). The second-order valence-electron chi connectivity index (χ2n) is 11.4. The van der Waals surface area contributed by atoms with Gasteiger partial charge in [0.1, 0.15) is 5.75 Å². The van der Waals surface area contributed by atoms with Gasteiger partial charge in [-0.15, -0.1) is 0 Å². The number of nitrogens with zero attached hydrogens (tertiary/aromatic N) is 2. The van der Waals surface area contributed by atoms with Gasteiger partial charge in [-0.2, -0.15) is 0 Å². The van der Waals surface area contributed by atoms with E-state index in [1.54, 1.807) is 13.2 Å². The van der Waals surface area contributed by atoms with Gasteiger partial charge in [-0.3, -0.25) is 14.4 Å². The summed E-state index contributed by atoms with van der Waals surface area (Å²) in [5.74, 6) is 0.409. The fourth-order valence-corrected chi connectivity index (χ4v) is 5.83. The highest BCUT2D eigenvalue weighted by Crippen LogP contribution is 2.29. The van der Waals surface area contributed by atoms with Gasteiger partial charge in [0, 0.05) is 49.4 Å². The van der Waals surface area contributed by atoms with Gasteiger partial charge >= 0.3 is 0 Å². The van der Waals surface area contributed by atoms with Crippen LogP contribution in [0.3, 0.4) is 0 Å². The lowest BCUT2D eigenvalue weighted by molar-refractivity contribution is -0.115. The number of nitrogens with two attached hydrogens (primary N) is 1. The third kappa shape index (κ3) is 7.93. The summed E-state index contributed by atoms with van der Waals surface area (Å²) in [5, 5.41) is 6.23. The number of hydrogen-bond acceptors (Lipinski definition) is 6. The normalized spacial score (nSPS) is 18.8. The summed E-state index contributed by atoms with van der Waals surface area (Å²) in [5.41, 5.74) is 9.49. The third-order valence-corrected chi connectivity index (χ3v) is 8.31. The maximum atomic E-state index is 13.3. The Kier molecular flexibility index (Phi) is 9.94. The number of hydrogen-bond donors (Lipinski definition) is 3. The lowest BCUT2D eigenvalue weighted by atomic mass is 9.91. The summed E-state index contributed by atoms with van der Waals surface area (Å²) >= 11 is 0. The Bertz CT molecular complexity index is 1400. The van der Waals surface area contributed by atoms with Gasteiger partial charge in [0.2, 0.25) is 5.91 Å². The number of benzene rings is 3. The Morgan fingerprint density at radius 2 is 1.60 bits per heavy atom. The molecule has 1 saturated carbocycles. The van der Waals surface area contributed by atoms with Crippen LogP contribution in [0.1, 0.15) is 58.4 Å². The molecule has 226 valence electrons. The Labute approximate surface area is 253 Å². The molecule has 3 aromatic carbocycles. The number of methoxy groups -OCH3 is 1. The first-order chi connectivity index (χ1) is 20.9. The van der Waals surface area contributed by atoms with E-state index in [4.69, 9.17) is 10.5 Å². The van der Waals surface area contributed by atoms with Gasteiger partial charge in [0.05, 0.1) is 24.9 Å². The molecule has 4 N–H and O–H groups in total. The van der Waals surface area contributed by atoms with E-state index in [2.05, 4.69) is 15.5 Å². The van der Waals surface area contributed by atoms with E-state index in [9.17, 15) is 14.4 Å². The van der Waals surface area contributed by atoms with E-state index in [0.29, 0.717) is 43.0 Å². The topological polar surface area (TPSA) is 117 Å². The van der Waals surface area contributed by atoms with E-state index in [-0.39, 0.29) is 36.2 Å². The molecule has 0 atom stereocenters. The van der Waals surface area contributed by atoms with Crippen molar-refractivity contribution >= 4 is 29.1 Å². The van der Waals surface area contributed by atoms with Gasteiger partial charge < -0.3 is 30.9 Å². The fourth-order valence-electron chi connectivity index (χ4n) is 5.83. The van der Waals surface area contributed by atoms with Crippen molar-refractivity contribution < 1.29 is 19.1 Å². The summed E-state index contributed by atoms with van der Waals surface area (Å²) in [7, 11) is 1.61. The molecule has 0 bridgehead atoms. The van der Waals surface area contributed by atoms with E-state index in [0.717, 1.165) is 49.1 Å². The number of carbonyl (C=O) groups is 3. The Hall–Kier alpha value is -4.37. The first kappa shape index (κ1) is 30.1. The zero-order valence-electron chi connectivity index (χ0n) is 24.8. The van der Waals surface area contributed by atoms with Crippen molar-refractivity contribution in [1.82, 2.24) is 10.2 Å². The molecule has 5 rings (SSSR count). The van der Waals surface area contributed by atoms with Crippen molar-refractivity contribution in [2.75, 3.05) is 43.5 Å². The summed E-state index contributed by atoms with van der Waals surface area (Å²) in [6.07, 6.45) is 4.49. The van der Waals surface area contributed by atoms with E-state index in [1.165, 1.54) is 0 Å². The van der Waals surface area contributed by atoms with E-state index in [1.807, 2.05) is 71.6 Å². The smallest absolute Gasteiger partial charge is 0.253 e. The molecule has 2 aliphatic rings. The van der Waals surface area contributed by atoms with Crippen LogP contribution in [0.4, 0.5) is 11.4 Å². The van der Waals surface area contributed by atoms with Gasteiger partial charge in [-0.05, 0) is 80.1 Å². The summed E-state index contributed by atoms with van der Waals surface area (Å²) in [6.45, 7) is 2.52. The van der Waals surface area contributed by atoms with Crippen molar-refractivity contribution in [3.63, 3.8) is 0 Å². The van der Waals surface area contributed by atoms with E-state index < -0.39 is 0 Å². The predicted octanol–water partition coefficient (Wildman–Crippen LogP) is 4.23. The van der Waals surface area contributed by atoms with Gasteiger partial charge in [0.25, 0.3) is 11.8 Å². The molecular formula is C34H41N5O4. The fraction of sp³-hybridized carbons (Fsp3) is 0.382. The van der Waals surface area contributed by atoms with Crippen molar-refractivity contribution in [3.05, 3.63) is 89.5 Å². The van der Waals surface area contributed by atoms with Crippen molar-refractivity contribution in [1.29, 1.82) is 0 Å².